The van der Waals surface area contributed by atoms with E-state index in [2.05, 4.69) is 9.97 Å². The number of aryl methyl sites for hydroxylation is 1. The van der Waals surface area contributed by atoms with E-state index in [0.717, 1.165) is 5.56 Å². The number of pyridine rings is 1. The van der Waals surface area contributed by atoms with Crippen LogP contribution in [-0.2, 0) is 11.3 Å². The molecule has 2 aromatic rings. The van der Waals surface area contributed by atoms with Gasteiger partial charge >= 0.3 is 0 Å². The molecule has 0 radical (unpaired) electrons. The van der Waals surface area contributed by atoms with Gasteiger partial charge in [0, 0.05) is 13.3 Å². The summed E-state index contributed by atoms with van der Waals surface area (Å²) in [5.41, 5.74) is 1.34. The summed E-state index contributed by atoms with van der Waals surface area (Å²) in [5.74, 6) is 0. The quantitative estimate of drug-likeness (QED) is 0.838. The number of nitrogens with one attached hydrogen (secondary N) is 1. The van der Waals surface area contributed by atoms with Gasteiger partial charge in [-0.15, -0.1) is 0 Å². The van der Waals surface area contributed by atoms with E-state index >= 15 is 0 Å². The van der Waals surface area contributed by atoms with E-state index in [-0.39, 0.29) is 5.56 Å². The summed E-state index contributed by atoms with van der Waals surface area (Å²) in [7, 11) is 1.62. The number of methoxy groups -OCH3 is 1. The summed E-state index contributed by atoms with van der Waals surface area (Å²) in [5, 5.41) is 0.551. The first-order valence-corrected chi connectivity index (χ1v) is 5.62. The molecule has 0 fully saturated rings. The number of H-pyrrole nitrogens is 1. The molecule has 0 amide bonds. The molecular weight excluding hydrogens is 238 g/mol. The van der Waals surface area contributed by atoms with Crippen molar-refractivity contribution in [2.75, 3.05) is 13.7 Å². The van der Waals surface area contributed by atoms with Crippen LogP contribution in [0.3, 0.4) is 0 Å². The highest BCUT2D eigenvalue weighted by molar-refractivity contribution is 7.71. The third-order valence-corrected chi connectivity index (χ3v) is 2.81. The lowest BCUT2D eigenvalue weighted by atomic mass is 10.2. The van der Waals surface area contributed by atoms with Crippen LogP contribution in [-0.4, -0.2) is 28.3 Å². The number of rotatable bonds is 3. The van der Waals surface area contributed by atoms with Gasteiger partial charge < -0.3 is 9.30 Å². The third-order valence-electron chi connectivity index (χ3n) is 2.49. The Hall–Kier alpha value is -1.53. The van der Waals surface area contributed by atoms with Gasteiger partial charge in [0.2, 0.25) is 0 Å². The number of nitrogens with zero attached hydrogens (tertiary/aromatic N) is 2. The molecule has 0 spiro atoms. The van der Waals surface area contributed by atoms with Crippen LogP contribution in [0.1, 0.15) is 5.56 Å². The van der Waals surface area contributed by atoms with Gasteiger partial charge in [-0.25, -0.2) is 4.98 Å². The first-order chi connectivity index (χ1) is 8.13. The zero-order chi connectivity index (χ0) is 12.4. The molecule has 90 valence electrons. The van der Waals surface area contributed by atoms with Crippen LogP contribution in [0.25, 0.3) is 11.0 Å². The fourth-order valence-electron chi connectivity index (χ4n) is 1.66. The highest BCUT2D eigenvalue weighted by Crippen LogP contribution is 2.08. The molecule has 2 rings (SSSR count). The Labute approximate surface area is 103 Å². The lowest BCUT2D eigenvalue weighted by molar-refractivity contribution is 0.187. The van der Waals surface area contributed by atoms with Crippen molar-refractivity contribution in [2.24, 2.45) is 0 Å². The maximum Gasteiger partial charge on any atom is 0.261 e. The monoisotopic (exact) mass is 251 g/mol. The summed E-state index contributed by atoms with van der Waals surface area (Å²) in [6.45, 7) is 2.98. The van der Waals surface area contributed by atoms with Crippen LogP contribution in [0.4, 0.5) is 0 Å². The lowest BCUT2D eigenvalue weighted by Gasteiger charge is -2.09. The number of hydrogen-bond donors (Lipinski definition) is 1. The molecule has 0 aliphatic heterocycles. The average molecular weight is 251 g/mol. The number of aromatic amines is 1. The molecule has 17 heavy (non-hydrogen) atoms. The number of aromatic nitrogens is 3. The standard InChI is InChI=1S/C11H13N3O2S/c1-7-5-8-9(12-6-7)14(3-4-16-2)11(17)13-10(8)15/h5-6H,3-4H2,1-2H3,(H,13,15,17). The fourth-order valence-corrected chi connectivity index (χ4v) is 1.93. The lowest BCUT2D eigenvalue weighted by Crippen LogP contribution is -2.17. The number of fused-ring (bicyclic) bond motifs is 1. The van der Waals surface area contributed by atoms with Gasteiger partial charge in [0.05, 0.1) is 18.5 Å². The highest BCUT2D eigenvalue weighted by Gasteiger charge is 2.06. The summed E-state index contributed by atoms with van der Waals surface area (Å²) in [6, 6.07) is 1.80. The van der Waals surface area contributed by atoms with E-state index in [1.54, 1.807) is 23.9 Å². The second kappa shape index (κ2) is 4.77. The van der Waals surface area contributed by atoms with Gasteiger partial charge in [-0.05, 0) is 30.8 Å². The van der Waals surface area contributed by atoms with Crippen LogP contribution < -0.4 is 5.56 Å². The largest absolute Gasteiger partial charge is 0.383 e. The molecule has 0 saturated heterocycles. The van der Waals surface area contributed by atoms with Crippen molar-refractivity contribution in [3.63, 3.8) is 0 Å². The molecular formula is C11H13N3O2S. The topological polar surface area (TPSA) is 59.9 Å². The highest BCUT2D eigenvalue weighted by atomic mass is 32.1. The zero-order valence-corrected chi connectivity index (χ0v) is 10.5. The Kier molecular flexibility index (Phi) is 3.35. The predicted octanol–water partition coefficient (Wildman–Crippen LogP) is 1.41. The van der Waals surface area contributed by atoms with E-state index in [1.807, 2.05) is 6.92 Å². The van der Waals surface area contributed by atoms with Crippen molar-refractivity contribution in [1.29, 1.82) is 0 Å². The molecule has 0 saturated carbocycles. The first kappa shape index (κ1) is 11.9. The predicted molar refractivity (Wildman–Crippen MR) is 67.8 cm³/mol. The molecule has 0 unspecified atom stereocenters. The van der Waals surface area contributed by atoms with Crippen LogP contribution in [0, 0.1) is 11.7 Å². The van der Waals surface area contributed by atoms with Gasteiger partial charge in [0.1, 0.15) is 5.65 Å². The second-order valence-corrected chi connectivity index (χ2v) is 4.17. The minimum Gasteiger partial charge on any atom is -0.383 e. The molecule has 0 aromatic carbocycles. The first-order valence-electron chi connectivity index (χ1n) is 5.22. The molecule has 0 aliphatic rings. The van der Waals surface area contributed by atoms with Crippen LogP contribution in [0.15, 0.2) is 17.1 Å². The molecule has 2 heterocycles. The van der Waals surface area contributed by atoms with Crippen LogP contribution in [0.5, 0.6) is 0 Å². The van der Waals surface area contributed by atoms with Crippen molar-refractivity contribution < 1.29 is 4.74 Å². The summed E-state index contributed by atoms with van der Waals surface area (Å²) in [4.78, 5) is 18.7. The van der Waals surface area contributed by atoms with Gasteiger partial charge in [-0.3, -0.25) is 9.78 Å². The van der Waals surface area contributed by atoms with Crippen molar-refractivity contribution in [1.82, 2.24) is 14.5 Å². The van der Waals surface area contributed by atoms with E-state index in [9.17, 15) is 4.79 Å². The second-order valence-electron chi connectivity index (χ2n) is 3.79. The Bertz CT molecular complexity index is 660. The summed E-state index contributed by atoms with van der Waals surface area (Å²) >= 11 is 5.12. The summed E-state index contributed by atoms with van der Waals surface area (Å²) in [6.07, 6.45) is 1.72. The molecule has 2 aromatic heterocycles. The van der Waals surface area contributed by atoms with Crippen molar-refractivity contribution >= 4 is 23.3 Å². The smallest absolute Gasteiger partial charge is 0.261 e. The maximum atomic E-state index is 11.8. The van der Waals surface area contributed by atoms with Gasteiger partial charge in [-0.2, -0.15) is 0 Å². The van der Waals surface area contributed by atoms with Crippen LogP contribution in [0.2, 0.25) is 0 Å². The third kappa shape index (κ3) is 2.27. The SMILES string of the molecule is COCCn1c(=S)[nH]c(=O)c2cc(C)cnc21. The van der Waals surface area contributed by atoms with Gasteiger partial charge in [0.25, 0.3) is 5.56 Å². The van der Waals surface area contributed by atoms with E-state index in [0.29, 0.717) is 29.0 Å². The summed E-state index contributed by atoms with van der Waals surface area (Å²) < 4.78 is 7.16. The molecule has 1 N–H and O–H groups in total. The molecule has 0 bridgehead atoms. The Morgan fingerprint density at radius 1 is 1.59 bits per heavy atom. The average Bonchev–Trinajstić information content (AvgIpc) is 2.29. The van der Waals surface area contributed by atoms with Crippen LogP contribution >= 0.6 is 12.2 Å². The van der Waals surface area contributed by atoms with Crippen molar-refractivity contribution in [2.45, 2.75) is 13.5 Å². The van der Waals surface area contributed by atoms with E-state index in [1.165, 1.54) is 0 Å². The Morgan fingerprint density at radius 3 is 3.06 bits per heavy atom. The minimum absolute atomic E-state index is 0.199. The van der Waals surface area contributed by atoms with Crippen molar-refractivity contribution in [3.05, 3.63) is 33.0 Å². The number of hydrogen-bond acceptors (Lipinski definition) is 4. The number of ether oxygens (including phenoxy) is 1. The fraction of sp³-hybridized carbons (Fsp3) is 0.364. The normalized spacial score (nSPS) is 10.9. The minimum atomic E-state index is -0.199. The molecule has 6 heteroatoms. The molecule has 0 aliphatic carbocycles. The zero-order valence-electron chi connectivity index (χ0n) is 9.69. The Balaban J connectivity index is 2.74. The van der Waals surface area contributed by atoms with Gasteiger partial charge in [0.15, 0.2) is 4.77 Å². The van der Waals surface area contributed by atoms with Gasteiger partial charge in [-0.1, -0.05) is 0 Å². The van der Waals surface area contributed by atoms with E-state index in [4.69, 9.17) is 17.0 Å². The van der Waals surface area contributed by atoms with Crippen molar-refractivity contribution in [3.8, 4) is 0 Å². The molecule has 0 atom stereocenters. The molecule has 5 nitrogen and oxygen atoms in total. The maximum absolute atomic E-state index is 11.8. The Morgan fingerprint density at radius 2 is 2.35 bits per heavy atom. The van der Waals surface area contributed by atoms with E-state index < -0.39 is 0 Å².